The van der Waals surface area contributed by atoms with E-state index in [4.69, 9.17) is 9.84 Å². The van der Waals surface area contributed by atoms with Gasteiger partial charge in [0.1, 0.15) is 5.75 Å². The van der Waals surface area contributed by atoms with Crippen LogP contribution in [0.1, 0.15) is 15.9 Å². The van der Waals surface area contributed by atoms with Crippen LogP contribution < -0.4 is 9.64 Å². The average molecular weight is 273 g/mol. The molecule has 0 aliphatic rings. The van der Waals surface area contributed by atoms with Gasteiger partial charge >= 0.3 is 5.97 Å². The Morgan fingerprint density at radius 1 is 1.30 bits per heavy atom. The fourth-order valence-corrected chi connectivity index (χ4v) is 1.61. The molecule has 0 aliphatic heterocycles. The molecule has 6 nitrogen and oxygen atoms in total. The van der Waals surface area contributed by atoms with Gasteiger partial charge in [-0.25, -0.2) is 9.78 Å². The molecule has 0 unspecified atom stereocenters. The number of hydrogen-bond donors (Lipinski definition) is 1. The Bertz CT molecular complexity index is 641. The third-order valence-electron chi connectivity index (χ3n) is 2.65. The first kappa shape index (κ1) is 13.8. The van der Waals surface area contributed by atoms with Gasteiger partial charge in [-0.1, -0.05) is 0 Å². The maximum absolute atomic E-state index is 10.9. The molecule has 6 heteroatoms. The summed E-state index contributed by atoms with van der Waals surface area (Å²) in [4.78, 5) is 21.0. The number of carboxylic acid groups (broad SMARTS) is 1. The molecule has 0 bridgehead atoms. The molecule has 0 fully saturated rings. The highest BCUT2D eigenvalue weighted by molar-refractivity contribution is 5.88. The first-order valence-corrected chi connectivity index (χ1v) is 5.99. The van der Waals surface area contributed by atoms with Crippen LogP contribution in [0, 0.1) is 6.92 Å². The molecule has 0 spiro atoms. The number of rotatable bonds is 4. The van der Waals surface area contributed by atoms with E-state index >= 15 is 0 Å². The molecule has 1 aromatic heterocycles. The number of benzene rings is 1. The quantitative estimate of drug-likeness (QED) is 0.921. The van der Waals surface area contributed by atoms with E-state index in [1.165, 1.54) is 6.07 Å². The van der Waals surface area contributed by atoms with Gasteiger partial charge in [-0.15, -0.1) is 0 Å². The van der Waals surface area contributed by atoms with Crippen molar-refractivity contribution in [1.29, 1.82) is 0 Å². The van der Waals surface area contributed by atoms with Gasteiger partial charge in [-0.05, 0) is 30.7 Å². The summed E-state index contributed by atoms with van der Waals surface area (Å²) in [5, 5.41) is 8.92. The number of carbonyl (C=O) groups is 1. The Morgan fingerprint density at radius 3 is 2.65 bits per heavy atom. The summed E-state index contributed by atoms with van der Waals surface area (Å²) in [6.07, 6.45) is 1.61. The molecule has 0 saturated heterocycles. The molecule has 2 aromatic rings. The second-order valence-electron chi connectivity index (χ2n) is 4.48. The highest BCUT2D eigenvalue weighted by Gasteiger charge is 2.09. The minimum Gasteiger partial charge on any atom is -0.478 e. The number of hydrogen-bond acceptors (Lipinski definition) is 5. The SMILES string of the molecule is Cc1cc(C(=O)O)ccc1Oc1ccnc(N(C)C)n1. The summed E-state index contributed by atoms with van der Waals surface area (Å²) in [7, 11) is 3.68. The van der Waals surface area contributed by atoms with Crippen molar-refractivity contribution in [2.45, 2.75) is 6.92 Å². The molecule has 1 aromatic carbocycles. The van der Waals surface area contributed by atoms with E-state index in [1.54, 1.807) is 36.2 Å². The van der Waals surface area contributed by atoms with Crippen molar-refractivity contribution in [3.8, 4) is 11.6 Å². The Kier molecular flexibility index (Phi) is 3.84. The number of aryl methyl sites for hydroxylation is 1. The Morgan fingerprint density at radius 2 is 2.05 bits per heavy atom. The van der Waals surface area contributed by atoms with E-state index < -0.39 is 5.97 Å². The molecule has 0 atom stereocenters. The van der Waals surface area contributed by atoms with Crippen LogP contribution in [0.25, 0.3) is 0 Å². The van der Waals surface area contributed by atoms with Crippen LogP contribution in [0.4, 0.5) is 5.95 Å². The monoisotopic (exact) mass is 273 g/mol. The number of nitrogens with zero attached hydrogens (tertiary/aromatic N) is 3. The van der Waals surface area contributed by atoms with E-state index in [-0.39, 0.29) is 5.56 Å². The number of aromatic carboxylic acids is 1. The van der Waals surface area contributed by atoms with Crippen molar-refractivity contribution in [3.05, 3.63) is 41.6 Å². The lowest BCUT2D eigenvalue weighted by Crippen LogP contribution is -2.12. The molecule has 0 saturated carbocycles. The van der Waals surface area contributed by atoms with Crippen LogP contribution in [-0.2, 0) is 0 Å². The Balaban J connectivity index is 2.26. The van der Waals surface area contributed by atoms with E-state index in [0.29, 0.717) is 17.6 Å². The molecule has 0 amide bonds. The van der Waals surface area contributed by atoms with Crippen LogP contribution in [0.2, 0.25) is 0 Å². The molecule has 0 radical (unpaired) electrons. The van der Waals surface area contributed by atoms with Gasteiger partial charge in [-0.2, -0.15) is 4.98 Å². The summed E-state index contributed by atoms with van der Waals surface area (Å²) in [6.45, 7) is 1.79. The number of anilines is 1. The lowest BCUT2D eigenvalue weighted by atomic mass is 10.1. The summed E-state index contributed by atoms with van der Waals surface area (Å²) in [5.74, 6) is 0.562. The average Bonchev–Trinajstić information content (AvgIpc) is 2.41. The highest BCUT2D eigenvalue weighted by atomic mass is 16.5. The predicted octanol–water partition coefficient (Wildman–Crippen LogP) is 2.34. The zero-order valence-corrected chi connectivity index (χ0v) is 11.5. The van der Waals surface area contributed by atoms with E-state index in [9.17, 15) is 4.79 Å². The van der Waals surface area contributed by atoms with Crippen molar-refractivity contribution in [2.24, 2.45) is 0 Å². The Hall–Kier alpha value is -2.63. The number of carboxylic acids is 1. The van der Waals surface area contributed by atoms with Crippen LogP contribution in [0.5, 0.6) is 11.6 Å². The maximum atomic E-state index is 10.9. The predicted molar refractivity (Wildman–Crippen MR) is 74.6 cm³/mol. The lowest BCUT2D eigenvalue weighted by molar-refractivity contribution is 0.0697. The molecule has 1 heterocycles. The smallest absolute Gasteiger partial charge is 0.335 e. The highest BCUT2D eigenvalue weighted by Crippen LogP contribution is 2.25. The summed E-state index contributed by atoms with van der Waals surface area (Å²) >= 11 is 0. The van der Waals surface area contributed by atoms with Crippen LogP contribution in [-0.4, -0.2) is 35.1 Å². The van der Waals surface area contributed by atoms with Gasteiger partial charge < -0.3 is 14.7 Å². The van der Waals surface area contributed by atoms with E-state index in [2.05, 4.69) is 9.97 Å². The molecular weight excluding hydrogens is 258 g/mol. The zero-order valence-electron chi connectivity index (χ0n) is 11.5. The van der Waals surface area contributed by atoms with Gasteiger partial charge in [-0.3, -0.25) is 0 Å². The van der Waals surface area contributed by atoms with Crippen molar-refractivity contribution >= 4 is 11.9 Å². The summed E-state index contributed by atoms with van der Waals surface area (Å²) < 4.78 is 5.66. The maximum Gasteiger partial charge on any atom is 0.335 e. The summed E-state index contributed by atoms with van der Waals surface area (Å²) in [6, 6.07) is 6.33. The third-order valence-corrected chi connectivity index (χ3v) is 2.65. The van der Waals surface area contributed by atoms with Crippen molar-refractivity contribution in [3.63, 3.8) is 0 Å². The van der Waals surface area contributed by atoms with Crippen LogP contribution in [0.3, 0.4) is 0 Å². The third kappa shape index (κ3) is 3.03. The lowest BCUT2D eigenvalue weighted by Gasteiger charge is -2.12. The van der Waals surface area contributed by atoms with Gasteiger partial charge in [0, 0.05) is 26.4 Å². The topological polar surface area (TPSA) is 75.6 Å². The molecule has 20 heavy (non-hydrogen) atoms. The van der Waals surface area contributed by atoms with Crippen LogP contribution in [0.15, 0.2) is 30.5 Å². The standard InChI is InChI=1S/C14H15N3O3/c1-9-8-10(13(18)19)4-5-11(9)20-12-6-7-15-14(16-12)17(2)3/h4-8H,1-3H3,(H,18,19). The van der Waals surface area contributed by atoms with E-state index in [1.807, 2.05) is 14.1 Å². The Labute approximate surface area is 116 Å². The summed E-state index contributed by atoms with van der Waals surface area (Å²) in [5.41, 5.74) is 0.960. The van der Waals surface area contributed by atoms with Crippen molar-refractivity contribution < 1.29 is 14.6 Å². The first-order chi connectivity index (χ1) is 9.47. The normalized spacial score (nSPS) is 10.2. The minimum atomic E-state index is -0.961. The molecular formula is C14H15N3O3. The van der Waals surface area contributed by atoms with Gasteiger partial charge in [0.15, 0.2) is 0 Å². The zero-order chi connectivity index (χ0) is 14.7. The van der Waals surface area contributed by atoms with Gasteiger partial charge in [0.2, 0.25) is 11.8 Å². The first-order valence-electron chi connectivity index (χ1n) is 5.99. The van der Waals surface area contributed by atoms with Gasteiger partial charge in [0.25, 0.3) is 0 Å². The molecule has 104 valence electrons. The van der Waals surface area contributed by atoms with E-state index in [0.717, 1.165) is 5.56 Å². The largest absolute Gasteiger partial charge is 0.478 e. The minimum absolute atomic E-state index is 0.228. The van der Waals surface area contributed by atoms with Gasteiger partial charge in [0.05, 0.1) is 5.56 Å². The second-order valence-corrected chi connectivity index (χ2v) is 4.48. The molecule has 0 aliphatic carbocycles. The van der Waals surface area contributed by atoms with Crippen LogP contribution >= 0.6 is 0 Å². The van der Waals surface area contributed by atoms with Crippen molar-refractivity contribution in [2.75, 3.05) is 19.0 Å². The fourth-order valence-electron chi connectivity index (χ4n) is 1.61. The molecule has 2 rings (SSSR count). The van der Waals surface area contributed by atoms with Crippen molar-refractivity contribution in [1.82, 2.24) is 9.97 Å². The number of ether oxygens (including phenoxy) is 1. The molecule has 1 N–H and O–H groups in total. The fraction of sp³-hybridized carbons (Fsp3) is 0.214. The second kappa shape index (κ2) is 5.56. The number of aromatic nitrogens is 2.